The monoisotopic (exact) mass is 176 g/mol. The van der Waals surface area contributed by atoms with Gasteiger partial charge < -0.3 is 5.11 Å². The van der Waals surface area contributed by atoms with E-state index in [1.807, 2.05) is 25.1 Å². The molecular weight excluding hydrogens is 164 g/mol. The second-order valence-electron chi connectivity index (χ2n) is 3.60. The normalized spacial score (nSPS) is 27.1. The van der Waals surface area contributed by atoms with E-state index in [0.717, 1.165) is 5.56 Å². The van der Waals surface area contributed by atoms with Crippen molar-refractivity contribution in [2.45, 2.75) is 25.4 Å². The van der Waals surface area contributed by atoms with Crippen LogP contribution in [0.25, 0.3) is 0 Å². The highest BCUT2D eigenvalue weighted by Crippen LogP contribution is 2.30. The number of benzene rings is 1. The van der Waals surface area contributed by atoms with Crippen LogP contribution in [-0.4, -0.2) is 17.0 Å². The maximum atomic E-state index is 11.5. The van der Waals surface area contributed by atoms with E-state index in [2.05, 4.69) is 0 Å². The summed E-state index contributed by atoms with van der Waals surface area (Å²) in [7, 11) is 0. The third-order valence-electron chi connectivity index (χ3n) is 2.64. The Hall–Kier alpha value is -1.15. The number of Topliss-reactive ketones (excluding diaryl/α,β-unsaturated/α-hetero) is 1. The fourth-order valence-electron chi connectivity index (χ4n) is 1.90. The molecule has 68 valence electrons. The smallest absolute Gasteiger partial charge is 0.191 e. The van der Waals surface area contributed by atoms with Crippen molar-refractivity contribution in [3.05, 3.63) is 35.4 Å². The molecule has 1 N–H and O–H groups in total. The third-order valence-corrected chi connectivity index (χ3v) is 2.64. The van der Waals surface area contributed by atoms with Crippen molar-refractivity contribution in [3.8, 4) is 0 Å². The Balaban J connectivity index is 2.54. The van der Waals surface area contributed by atoms with Crippen LogP contribution in [-0.2, 0) is 0 Å². The van der Waals surface area contributed by atoms with Crippen molar-refractivity contribution in [1.82, 2.24) is 0 Å². The Kier molecular flexibility index (Phi) is 1.93. The van der Waals surface area contributed by atoms with Crippen molar-refractivity contribution in [1.29, 1.82) is 0 Å². The average molecular weight is 176 g/mol. The zero-order valence-electron chi connectivity index (χ0n) is 7.53. The topological polar surface area (TPSA) is 37.3 Å². The molecule has 1 aliphatic carbocycles. The summed E-state index contributed by atoms with van der Waals surface area (Å²) in [5.74, 6) is 0.151. The van der Waals surface area contributed by atoms with Crippen LogP contribution >= 0.6 is 0 Å². The average Bonchev–Trinajstić information content (AvgIpc) is 2.15. The molecule has 0 amide bonds. The number of ketones is 1. The molecule has 0 aliphatic heterocycles. The second kappa shape index (κ2) is 2.96. The molecule has 0 fully saturated rings. The van der Waals surface area contributed by atoms with Gasteiger partial charge in [-0.2, -0.15) is 0 Å². The molecule has 13 heavy (non-hydrogen) atoms. The SMILES string of the molecule is CC1CC(O)C(=O)c2ccccc21. The number of fused-ring (bicyclic) bond motifs is 1. The second-order valence-corrected chi connectivity index (χ2v) is 3.60. The van der Waals surface area contributed by atoms with Crippen LogP contribution in [0.1, 0.15) is 35.2 Å². The summed E-state index contributed by atoms with van der Waals surface area (Å²) in [6.45, 7) is 2.04. The summed E-state index contributed by atoms with van der Waals surface area (Å²) >= 11 is 0. The maximum absolute atomic E-state index is 11.5. The fourth-order valence-corrected chi connectivity index (χ4v) is 1.90. The van der Waals surface area contributed by atoms with E-state index in [0.29, 0.717) is 12.0 Å². The predicted molar refractivity (Wildman–Crippen MR) is 49.8 cm³/mol. The minimum Gasteiger partial charge on any atom is -0.385 e. The molecule has 0 heterocycles. The molecule has 1 aliphatic rings. The van der Waals surface area contributed by atoms with Gasteiger partial charge in [0.05, 0.1) is 0 Å². The summed E-state index contributed by atoms with van der Waals surface area (Å²) in [6.07, 6.45) is -0.250. The van der Waals surface area contributed by atoms with Gasteiger partial charge in [0.25, 0.3) is 0 Å². The molecule has 2 atom stereocenters. The molecule has 0 saturated carbocycles. The van der Waals surface area contributed by atoms with E-state index in [-0.39, 0.29) is 11.7 Å². The predicted octanol–water partition coefficient (Wildman–Crippen LogP) is 1.74. The largest absolute Gasteiger partial charge is 0.385 e. The van der Waals surface area contributed by atoms with Crippen LogP contribution in [0.4, 0.5) is 0 Å². The van der Waals surface area contributed by atoms with E-state index >= 15 is 0 Å². The molecule has 1 aromatic rings. The van der Waals surface area contributed by atoms with Gasteiger partial charge >= 0.3 is 0 Å². The lowest BCUT2D eigenvalue weighted by molar-refractivity contribution is 0.0694. The Bertz CT molecular complexity index is 344. The van der Waals surface area contributed by atoms with Crippen molar-refractivity contribution < 1.29 is 9.90 Å². The summed E-state index contributed by atoms with van der Waals surface area (Å²) in [5.41, 5.74) is 1.76. The van der Waals surface area contributed by atoms with E-state index < -0.39 is 6.10 Å². The van der Waals surface area contributed by atoms with Gasteiger partial charge in [-0.3, -0.25) is 4.79 Å². The molecule has 0 saturated heterocycles. The van der Waals surface area contributed by atoms with Crippen molar-refractivity contribution in [2.24, 2.45) is 0 Å². The first-order valence-corrected chi connectivity index (χ1v) is 4.51. The first kappa shape index (κ1) is 8.45. The quantitative estimate of drug-likeness (QED) is 0.653. The zero-order chi connectivity index (χ0) is 9.42. The first-order valence-electron chi connectivity index (χ1n) is 4.51. The van der Waals surface area contributed by atoms with Gasteiger partial charge in [-0.15, -0.1) is 0 Å². The molecule has 2 heteroatoms. The third kappa shape index (κ3) is 1.27. The molecule has 0 spiro atoms. The summed E-state index contributed by atoms with van der Waals surface area (Å²) in [5, 5.41) is 9.45. The minimum absolute atomic E-state index is 0.131. The number of carbonyl (C=O) groups is 1. The molecule has 0 bridgehead atoms. The lowest BCUT2D eigenvalue weighted by atomic mass is 9.82. The lowest BCUT2D eigenvalue weighted by Crippen LogP contribution is -2.28. The molecule has 1 aromatic carbocycles. The molecule has 2 rings (SSSR count). The standard InChI is InChI=1S/C11H12O2/c1-7-6-10(12)11(13)9-5-3-2-4-8(7)9/h2-5,7,10,12H,6H2,1H3. The van der Waals surface area contributed by atoms with Crippen molar-refractivity contribution in [2.75, 3.05) is 0 Å². The van der Waals surface area contributed by atoms with Gasteiger partial charge in [0.15, 0.2) is 5.78 Å². The number of carbonyl (C=O) groups excluding carboxylic acids is 1. The lowest BCUT2D eigenvalue weighted by Gasteiger charge is -2.24. The highest BCUT2D eigenvalue weighted by molar-refractivity contribution is 6.01. The van der Waals surface area contributed by atoms with Crippen LogP contribution in [0, 0.1) is 0 Å². The van der Waals surface area contributed by atoms with E-state index in [9.17, 15) is 9.90 Å². The van der Waals surface area contributed by atoms with Gasteiger partial charge in [0, 0.05) is 5.56 Å². The Labute approximate surface area is 77.2 Å². The molecular formula is C11H12O2. The van der Waals surface area contributed by atoms with Crippen molar-refractivity contribution in [3.63, 3.8) is 0 Å². The molecule has 0 aromatic heterocycles. The number of rotatable bonds is 0. The summed E-state index contributed by atoms with van der Waals surface area (Å²) in [6, 6.07) is 7.52. The molecule has 2 nitrogen and oxygen atoms in total. The van der Waals surface area contributed by atoms with Gasteiger partial charge in [-0.1, -0.05) is 31.2 Å². The number of aliphatic hydroxyl groups is 1. The van der Waals surface area contributed by atoms with Crippen molar-refractivity contribution >= 4 is 5.78 Å². The maximum Gasteiger partial charge on any atom is 0.191 e. The van der Waals surface area contributed by atoms with Gasteiger partial charge in [-0.05, 0) is 17.9 Å². The van der Waals surface area contributed by atoms with Gasteiger partial charge in [-0.25, -0.2) is 0 Å². The Morgan fingerprint density at radius 2 is 2.08 bits per heavy atom. The van der Waals surface area contributed by atoms with Crippen LogP contribution in [0.5, 0.6) is 0 Å². The first-order chi connectivity index (χ1) is 6.20. The summed E-state index contributed by atoms with van der Waals surface area (Å²) < 4.78 is 0. The van der Waals surface area contributed by atoms with Crippen LogP contribution in [0.15, 0.2) is 24.3 Å². The van der Waals surface area contributed by atoms with Gasteiger partial charge in [0.1, 0.15) is 6.10 Å². The Morgan fingerprint density at radius 3 is 2.85 bits per heavy atom. The van der Waals surface area contributed by atoms with E-state index in [1.165, 1.54) is 0 Å². The zero-order valence-corrected chi connectivity index (χ0v) is 7.53. The van der Waals surface area contributed by atoms with E-state index in [4.69, 9.17) is 0 Å². The minimum atomic E-state index is -0.801. The highest BCUT2D eigenvalue weighted by Gasteiger charge is 2.29. The molecule has 0 radical (unpaired) electrons. The number of aliphatic hydroxyl groups excluding tert-OH is 1. The van der Waals surface area contributed by atoms with Crippen LogP contribution in [0.3, 0.4) is 0 Å². The number of hydrogen-bond acceptors (Lipinski definition) is 2. The Morgan fingerprint density at radius 1 is 1.38 bits per heavy atom. The molecule has 2 unspecified atom stereocenters. The number of hydrogen-bond donors (Lipinski definition) is 1. The fraction of sp³-hybridized carbons (Fsp3) is 0.364. The van der Waals surface area contributed by atoms with Crippen LogP contribution < -0.4 is 0 Å². The van der Waals surface area contributed by atoms with Gasteiger partial charge in [0.2, 0.25) is 0 Å². The highest BCUT2D eigenvalue weighted by atomic mass is 16.3. The summed E-state index contributed by atoms with van der Waals surface area (Å²) in [4.78, 5) is 11.5. The van der Waals surface area contributed by atoms with Crippen LogP contribution in [0.2, 0.25) is 0 Å². The van der Waals surface area contributed by atoms with E-state index in [1.54, 1.807) is 6.07 Å².